The normalized spacial score (nSPS) is 10.8. The smallest absolute Gasteiger partial charge is 0.269 e. The molecule has 7 nitrogen and oxygen atoms in total. The van der Waals surface area contributed by atoms with Crippen LogP contribution in [-0.4, -0.2) is 11.1 Å². The Hall–Kier alpha value is -5.48. The number of nitro groups is 1. The van der Waals surface area contributed by atoms with Crippen LogP contribution in [0.4, 0.5) is 11.6 Å². The van der Waals surface area contributed by atoms with Gasteiger partial charge in [-0.3, -0.25) is 10.1 Å². The molecule has 5 aromatic rings. The Kier molecular flexibility index (Phi) is 7.05. The SMILES string of the molecule is N#Cc1c(/N=C/c2cccc(OCc3ccc([N+](=O)[O-])cc3)c2)oc(-c2ccccc2)c1-c1ccccc1. The lowest BCUT2D eigenvalue weighted by molar-refractivity contribution is -0.384. The number of rotatable bonds is 8. The summed E-state index contributed by atoms with van der Waals surface area (Å²) in [6, 6.07) is 35.1. The predicted octanol–water partition coefficient (Wildman–Crippen LogP) is 7.72. The first-order valence-electron chi connectivity index (χ1n) is 11.8. The second-order valence-electron chi connectivity index (χ2n) is 8.37. The van der Waals surface area contributed by atoms with Gasteiger partial charge in [0, 0.05) is 29.5 Å². The van der Waals surface area contributed by atoms with E-state index in [1.54, 1.807) is 18.3 Å². The Balaban J connectivity index is 1.41. The van der Waals surface area contributed by atoms with Crippen molar-refractivity contribution in [1.29, 1.82) is 5.26 Å². The molecule has 0 aliphatic heterocycles. The summed E-state index contributed by atoms with van der Waals surface area (Å²) in [6.45, 7) is 0.260. The lowest BCUT2D eigenvalue weighted by Gasteiger charge is -2.06. The van der Waals surface area contributed by atoms with Gasteiger partial charge in [-0.25, -0.2) is 4.99 Å². The van der Waals surface area contributed by atoms with Crippen LogP contribution in [0.3, 0.4) is 0 Å². The van der Waals surface area contributed by atoms with Crippen LogP contribution < -0.4 is 4.74 Å². The molecule has 0 spiro atoms. The molecule has 38 heavy (non-hydrogen) atoms. The van der Waals surface area contributed by atoms with Gasteiger partial charge in [0.25, 0.3) is 5.69 Å². The molecule has 0 unspecified atom stereocenters. The summed E-state index contributed by atoms with van der Waals surface area (Å²) < 4.78 is 12.0. The highest BCUT2D eigenvalue weighted by atomic mass is 16.6. The minimum absolute atomic E-state index is 0.0347. The molecule has 7 heteroatoms. The number of nitro benzene ring substituents is 1. The molecule has 0 saturated carbocycles. The lowest BCUT2D eigenvalue weighted by atomic mass is 9.98. The molecule has 5 rings (SSSR count). The maximum atomic E-state index is 10.8. The van der Waals surface area contributed by atoms with Crippen molar-refractivity contribution in [3.05, 3.63) is 136 Å². The number of furan rings is 1. The maximum Gasteiger partial charge on any atom is 0.269 e. The van der Waals surface area contributed by atoms with Crippen LogP contribution >= 0.6 is 0 Å². The van der Waals surface area contributed by atoms with E-state index in [1.807, 2.05) is 84.9 Å². The summed E-state index contributed by atoms with van der Waals surface area (Å²) in [6.07, 6.45) is 1.63. The van der Waals surface area contributed by atoms with E-state index in [9.17, 15) is 15.4 Å². The second kappa shape index (κ2) is 11.1. The molecule has 0 bridgehead atoms. The summed E-state index contributed by atoms with van der Waals surface area (Å²) in [5.41, 5.74) is 4.39. The van der Waals surface area contributed by atoms with Gasteiger partial charge in [-0.2, -0.15) is 5.26 Å². The average molecular weight is 500 g/mol. The third-order valence-corrected chi connectivity index (χ3v) is 5.84. The van der Waals surface area contributed by atoms with Crippen molar-refractivity contribution >= 4 is 17.8 Å². The van der Waals surface area contributed by atoms with E-state index in [0.717, 1.165) is 22.3 Å². The molecule has 1 aromatic heterocycles. The van der Waals surface area contributed by atoms with Crippen molar-refractivity contribution in [3.8, 4) is 34.3 Å². The van der Waals surface area contributed by atoms with Gasteiger partial charge in [-0.05, 0) is 41.0 Å². The Labute approximate surface area is 219 Å². The zero-order chi connectivity index (χ0) is 26.3. The van der Waals surface area contributed by atoms with Crippen LogP contribution in [0.25, 0.3) is 22.5 Å². The minimum Gasteiger partial charge on any atom is -0.489 e. The predicted molar refractivity (Wildman–Crippen MR) is 145 cm³/mol. The molecule has 0 aliphatic carbocycles. The van der Waals surface area contributed by atoms with Crippen LogP contribution in [0.2, 0.25) is 0 Å². The van der Waals surface area contributed by atoms with Gasteiger partial charge in [0.15, 0.2) is 0 Å². The maximum absolute atomic E-state index is 10.8. The van der Waals surface area contributed by atoms with Gasteiger partial charge in [-0.15, -0.1) is 0 Å². The Morgan fingerprint density at radius 2 is 1.58 bits per heavy atom. The number of benzene rings is 4. The summed E-state index contributed by atoms with van der Waals surface area (Å²) in [7, 11) is 0. The van der Waals surface area contributed by atoms with Crippen molar-refractivity contribution < 1.29 is 14.1 Å². The number of hydrogen-bond donors (Lipinski definition) is 0. The first kappa shape index (κ1) is 24.2. The molecule has 0 saturated heterocycles. The monoisotopic (exact) mass is 499 g/mol. The van der Waals surface area contributed by atoms with Crippen molar-refractivity contribution in [1.82, 2.24) is 0 Å². The highest BCUT2D eigenvalue weighted by Gasteiger charge is 2.22. The molecule has 0 aliphatic rings. The molecular formula is C31H21N3O4. The van der Waals surface area contributed by atoms with Crippen LogP contribution in [0, 0.1) is 21.4 Å². The molecule has 0 N–H and O–H groups in total. The third-order valence-electron chi connectivity index (χ3n) is 5.84. The minimum atomic E-state index is -0.435. The molecular weight excluding hydrogens is 478 g/mol. The van der Waals surface area contributed by atoms with Gasteiger partial charge >= 0.3 is 0 Å². The number of non-ortho nitro benzene ring substituents is 1. The van der Waals surface area contributed by atoms with E-state index in [1.165, 1.54) is 12.1 Å². The highest BCUT2D eigenvalue weighted by Crippen LogP contribution is 2.42. The number of aliphatic imine (C=N–C) groups is 1. The molecule has 1 heterocycles. The number of hydrogen-bond acceptors (Lipinski definition) is 6. The molecule has 0 fully saturated rings. The van der Waals surface area contributed by atoms with Crippen molar-refractivity contribution in [2.75, 3.05) is 0 Å². The molecule has 0 amide bonds. The van der Waals surface area contributed by atoms with Gasteiger partial charge in [-0.1, -0.05) is 72.8 Å². The molecule has 0 radical (unpaired) electrons. The zero-order valence-electron chi connectivity index (χ0n) is 20.2. The van der Waals surface area contributed by atoms with E-state index < -0.39 is 4.92 Å². The van der Waals surface area contributed by atoms with Gasteiger partial charge in [0.05, 0.1) is 4.92 Å². The van der Waals surface area contributed by atoms with Crippen LogP contribution in [0.15, 0.2) is 119 Å². The zero-order valence-corrected chi connectivity index (χ0v) is 20.2. The van der Waals surface area contributed by atoms with Crippen LogP contribution in [-0.2, 0) is 6.61 Å². The number of nitrogens with zero attached hydrogens (tertiary/aromatic N) is 3. The van der Waals surface area contributed by atoms with Crippen molar-refractivity contribution in [2.24, 2.45) is 4.99 Å². The lowest BCUT2D eigenvalue weighted by Crippen LogP contribution is -1.96. The van der Waals surface area contributed by atoms with Crippen molar-refractivity contribution in [3.63, 3.8) is 0 Å². The summed E-state index contributed by atoms with van der Waals surface area (Å²) in [5.74, 6) is 1.42. The quantitative estimate of drug-likeness (QED) is 0.124. The fraction of sp³-hybridized carbons (Fsp3) is 0.0323. The van der Waals surface area contributed by atoms with E-state index in [4.69, 9.17) is 9.15 Å². The third kappa shape index (κ3) is 5.35. The largest absolute Gasteiger partial charge is 0.489 e. The summed E-state index contributed by atoms with van der Waals surface area (Å²) in [4.78, 5) is 14.9. The van der Waals surface area contributed by atoms with E-state index in [-0.39, 0.29) is 18.2 Å². The molecule has 4 aromatic carbocycles. The van der Waals surface area contributed by atoms with Crippen molar-refractivity contribution in [2.45, 2.75) is 6.61 Å². The molecule has 184 valence electrons. The topological polar surface area (TPSA) is 102 Å². The fourth-order valence-electron chi connectivity index (χ4n) is 3.99. The molecule has 0 atom stereocenters. The first-order chi connectivity index (χ1) is 18.6. The van der Waals surface area contributed by atoms with Crippen LogP contribution in [0.5, 0.6) is 5.75 Å². The van der Waals surface area contributed by atoms with E-state index in [2.05, 4.69) is 11.1 Å². The standard InChI is InChI=1S/C31H21N3O4/c32-19-28-29(24-9-3-1-4-10-24)30(25-11-5-2-6-12-25)38-31(28)33-20-23-8-7-13-27(18-23)37-21-22-14-16-26(17-15-22)34(35)36/h1-18,20H,21H2/b33-20+. The van der Waals surface area contributed by atoms with Gasteiger partial charge < -0.3 is 9.15 Å². The summed E-state index contributed by atoms with van der Waals surface area (Å²) in [5, 5.41) is 20.9. The highest BCUT2D eigenvalue weighted by molar-refractivity contribution is 5.90. The Bertz CT molecular complexity index is 1630. The van der Waals surface area contributed by atoms with Gasteiger partial charge in [0.1, 0.15) is 29.7 Å². The Morgan fingerprint density at radius 1 is 0.895 bits per heavy atom. The Morgan fingerprint density at radius 3 is 2.24 bits per heavy atom. The second-order valence-corrected chi connectivity index (χ2v) is 8.37. The number of nitriles is 1. The van der Waals surface area contributed by atoms with Crippen LogP contribution in [0.1, 0.15) is 16.7 Å². The first-order valence-corrected chi connectivity index (χ1v) is 11.8. The van der Waals surface area contributed by atoms with Gasteiger partial charge in [0.2, 0.25) is 5.88 Å². The summed E-state index contributed by atoms with van der Waals surface area (Å²) >= 11 is 0. The van der Waals surface area contributed by atoms with E-state index in [0.29, 0.717) is 22.6 Å². The van der Waals surface area contributed by atoms with E-state index >= 15 is 0 Å². The fourth-order valence-corrected chi connectivity index (χ4v) is 3.99. The average Bonchev–Trinajstić information content (AvgIpc) is 3.35. The number of ether oxygens (including phenoxy) is 1.